The van der Waals surface area contributed by atoms with Gasteiger partial charge in [-0.05, 0) is 38.7 Å². The van der Waals surface area contributed by atoms with Gasteiger partial charge >= 0.3 is 0 Å². The highest BCUT2D eigenvalue weighted by molar-refractivity contribution is 5.33. The Bertz CT molecular complexity index is 429. The first-order valence-corrected chi connectivity index (χ1v) is 8.01. The number of nitrogens with one attached hydrogen (secondary N) is 1. The molecule has 20 heavy (non-hydrogen) atoms. The number of ether oxygens (including phenoxy) is 1. The summed E-state index contributed by atoms with van der Waals surface area (Å²) < 4.78 is 6.23. The van der Waals surface area contributed by atoms with Crippen molar-refractivity contribution >= 4 is 0 Å². The SMILES string of the molecule is C[C@@H]1CN(Cc2ccccc2OC2CCCC2)CCN1. The van der Waals surface area contributed by atoms with Crippen LogP contribution < -0.4 is 10.1 Å². The minimum Gasteiger partial charge on any atom is -0.490 e. The summed E-state index contributed by atoms with van der Waals surface area (Å²) in [6.45, 7) is 6.61. The lowest BCUT2D eigenvalue weighted by Crippen LogP contribution is -2.48. The predicted molar refractivity (Wildman–Crippen MR) is 82.1 cm³/mol. The van der Waals surface area contributed by atoms with Crippen LogP contribution in [0, 0.1) is 0 Å². The predicted octanol–water partition coefficient (Wildman–Crippen LogP) is 2.80. The normalized spacial score (nSPS) is 24.9. The van der Waals surface area contributed by atoms with Crippen molar-refractivity contribution in [3.05, 3.63) is 29.8 Å². The quantitative estimate of drug-likeness (QED) is 0.913. The summed E-state index contributed by atoms with van der Waals surface area (Å²) in [4.78, 5) is 2.53. The molecule has 1 aromatic carbocycles. The van der Waals surface area contributed by atoms with Gasteiger partial charge in [-0.2, -0.15) is 0 Å². The first-order valence-electron chi connectivity index (χ1n) is 8.01. The molecule has 1 aromatic rings. The fourth-order valence-electron chi connectivity index (χ4n) is 3.33. The molecule has 0 radical (unpaired) electrons. The summed E-state index contributed by atoms with van der Waals surface area (Å²) in [6, 6.07) is 9.17. The first-order chi connectivity index (χ1) is 9.81. The highest BCUT2D eigenvalue weighted by Gasteiger charge is 2.20. The second-order valence-corrected chi connectivity index (χ2v) is 6.22. The Morgan fingerprint density at radius 1 is 1.25 bits per heavy atom. The molecular formula is C17H26N2O. The van der Waals surface area contributed by atoms with Crippen molar-refractivity contribution in [3.63, 3.8) is 0 Å². The smallest absolute Gasteiger partial charge is 0.124 e. The van der Waals surface area contributed by atoms with Gasteiger partial charge in [0.05, 0.1) is 6.10 Å². The Balaban J connectivity index is 1.65. The van der Waals surface area contributed by atoms with Crippen LogP contribution in [-0.2, 0) is 6.54 Å². The molecule has 0 spiro atoms. The zero-order valence-corrected chi connectivity index (χ0v) is 12.5. The second kappa shape index (κ2) is 6.59. The highest BCUT2D eigenvalue weighted by atomic mass is 16.5. The standard InChI is InChI=1S/C17H26N2O/c1-14-12-19(11-10-18-14)13-15-6-2-5-9-17(15)20-16-7-3-4-8-16/h2,5-6,9,14,16,18H,3-4,7-8,10-13H2,1H3/t14-/m1/s1. The number of hydrogen-bond donors (Lipinski definition) is 1. The average molecular weight is 274 g/mol. The molecule has 110 valence electrons. The number of hydrogen-bond acceptors (Lipinski definition) is 3. The average Bonchev–Trinajstić information content (AvgIpc) is 2.94. The Kier molecular flexibility index (Phi) is 4.58. The lowest BCUT2D eigenvalue weighted by molar-refractivity contribution is 0.184. The van der Waals surface area contributed by atoms with E-state index in [1.165, 1.54) is 31.2 Å². The molecule has 0 unspecified atom stereocenters. The molecule has 2 aliphatic rings. The van der Waals surface area contributed by atoms with E-state index in [1.54, 1.807) is 0 Å². The van der Waals surface area contributed by atoms with E-state index in [0.717, 1.165) is 31.9 Å². The van der Waals surface area contributed by atoms with E-state index < -0.39 is 0 Å². The maximum atomic E-state index is 6.23. The molecule has 1 saturated carbocycles. The molecule has 1 N–H and O–H groups in total. The van der Waals surface area contributed by atoms with Crippen LogP contribution in [0.15, 0.2) is 24.3 Å². The zero-order chi connectivity index (χ0) is 13.8. The van der Waals surface area contributed by atoms with Crippen LogP contribution in [0.25, 0.3) is 0 Å². The van der Waals surface area contributed by atoms with Gasteiger partial charge < -0.3 is 10.1 Å². The fourth-order valence-corrected chi connectivity index (χ4v) is 3.33. The maximum absolute atomic E-state index is 6.23. The van der Waals surface area contributed by atoms with Gasteiger partial charge in [0.15, 0.2) is 0 Å². The Morgan fingerprint density at radius 2 is 2.05 bits per heavy atom. The Hall–Kier alpha value is -1.06. The van der Waals surface area contributed by atoms with Gasteiger partial charge in [-0.25, -0.2) is 0 Å². The van der Waals surface area contributed by atoms with Crippen molar-refractivity contribution < 1.29 is 4.74 Å². The number of nitrogens with zero attached hydrogens (tertiary/aromatic N) is 1. The van der Waals surface area contributed by atoms with Crippen LogP contribution in [0.2, 0.25) is 0 Å². The molecule has 3 heteroatoms. The van der Waals surface area contributed by atoms with Crippen molar-refractivity contribution in [2.45, 2.75) is 51.3 Å². The topological polar surface area (TPSA) is 24.5 Å². The summed E-state index contributed by atoms with van der Waals surface area (Å²) in [5, 5.41) is 3.50. The highest BCUT2D eigenvalue weighted by Crippen LogP contribution is 2.27. The van der Waals surface area contributed by atoms with Crippen molar-refractivity contribution in [1.82, 2.24) is 10.2 Å². The molecule has 1 heterocycles. The van der Waals surface area contributed by atoms with Crippen LogP contribution in [0.3, 0.4) is 0 Å². The third-order valence-corrected chi connectivity index (χ3v) is 4.42. The largest absolute Gasteiger partial charge is 0.490 e. The van der Waals surface area contributed by atoms with Gasteiger partial charge in [0, 0.05) is 37.8 Å². The van der Waals surface area contributed by atoms with Crippen molar-refractivity contribution in [3.8, 4) is 5.75 Å². The zero-order valence-electron chi connectivity index (χ0n) is 12.5. The molecule has 3 rings (SSSR count). The van der Waals surface area contributed by atoms with Crippen LogP contribution in [0.1, 0.15) is 38.2 Å². The fraction of sp³-hybridized carbons (Fsp3) is 0.647. The first kappa shape index (κ1) is 13.9. The van der Waals surface area contributed by atoms with Crippen molar-refractivity contribution in [2.75, 3.05) is 19.6 Å². The number of rotatable bonds is 4. The molecule has 0 amide bonds. The van der Waals surface area contributed by atoms with Gasteiger partial charge in [0.25, 0.3) is 0 Å². The van der Waals surface area contributed by atoms with Gasteiger partial charge in [-0.1, -0.05) is 18.2 Å². The van der Waals surface area contributed by atoms with Gasteiger partial charge in [0.1, 0.15) is 5.75 Å². The summed E-state index contributed by atoms with van der Waals surface area (Å²) in [6.07, 6.45) is 5.53. The van der Waals surface area contributed by atoms with Gasteiger partial charge in [-0.3, -0.25) is 4.90 Å². The second-order valence-electron chi connectivity index (χ2n) is 6.22. The number of benzene rings is 1. The van der Waals surface area contributed by atoms with Crippen LogP contribution in [-0.4, -0.2) is 36.7 Å². The molecule has 1 saturated heterocycles. The van der Waals surface area contributed by atoms with E-state index in [0.29, 0.717) is 12.1 Å². The lowest BCUT2D eigenvalue weighted by atomic mass is 10.1. The van der Waals surface area contributed by atoms with Crippen molar-refractivity contribution in [2.24, 2.45) is 0 Å². The Morgan fingerprint density at radius 3 is 2.85 bits per heavy atom. The van der Waals surface area contributed by atoms with E-state index >= 15 is 0 Å². The molecule has 3 nitrogen and oxygen atoms in total. The van der Waals surface area contributed by atoms with E-state index in [2.05, 4.69) is 41.4 Å². The molecule has 1 aliphatic heterocycles. The molecule has 1 aliphatic carbocycles. The van der Waals surface area contributed by atoms with Gasteiger partial charge in [-0.15, -0.1) is 0 Å². The maximum Gasteiger partial charge on any atom is 0.124 e. The van der Waals surface area contributed by atoms with Crippen LogP contribution in [0.5, 0.6) is 5.75 Å². The summed E-state index contributed by atoms with van der Waals surface area (Å²) in [5.41, 5.74) is 1.34. The molecule has 0 aromatic heterocycles. The van der Waals surface area contributed by atoms with E-state index in [1.807, 2.05) is 0 Å². The van der Waals surface area contributed by atoms with Crippen LogP contribution in [0.4, 0.5) is 0 Å². The summed E-state index contributed by atoms with van der Waals surface area (Å²) >= 11 is 0. The lowest BCUT2D eigenvalue weighted by Gasteiger charge is -2.32. The third-order valence-electron chi connectivity index (χ3n) is 4.42. The number of para-hydroxylation sites is 1. The van der Waals surface area contributed by atoms with Crippen molar-refractivity contribution in [1.29, 1.82) is 0 Å². The van der Waals surface area contributed by atoms with E-state index in [9.17, 15) is 0 Å². The third kappa shape index (κ3) is 3.53. The molecule has 2 fully saturated rings. The summed E-state index contributed by atoms with van der Waals surface area (Å²) in [7, 11) is 0. The monoisotopic (exact) mass is 274 g/mol. The van der Waals surface area contributed by atoms with Crippen LogP contribution >= 0.6 is 0 Å². The number of piperazine rings is 1. The minimum atomic E-state index is 0.443. The molecule has 0 bridgehead atoms. The molecular weight excluding hydrogens is 248 g/mol. The van der Waals surface area contributed by atoms with E-state index in [4.69, 9.17) is 4.74 Å². The Labute approximate surface area is 122 Å². The van der Waals surface area contributed by atoms with Gasteiger partial charge in [0.2, 0.25) is 0 Å². The van der Waals surface area contributed by atoms with E-state index in [-0.39, 0.29) is 0 Å². The molecule has 1 atom stereocenters. The summed E-state index contributed by atoms with van der Waals surface area (Å²) in [5.74, 6) is 1.10. The minimum absolute atomic E-state index is 0.443.